The van der Waals surface area contributed by atoms with E-state index in [0.29, 0.717) is 28.9 Å². The number of nitrogens with one attached hydrogen (secondary N) is 2. The molecule has 2 amide bonds. The highest BCUT2D eigenvalue weighted by Gasteiger charge is 2.33. The van der Waals surface area contributed by atoms with E-state index in [9.17, 15) is 9.59 Å². The number of benzene rings is 1. The summed E-state index contributed by atoms with van der Waals surface area (Å²) in [5, 5.41) is 9.23. The summed E-state index contributed by atoms with van der Waals surface area (Å²) in [6.45, 7) is 0. The molecule has 25 heavy (non-hydrogen) atoms. The van der Waals surface area contributed by atoms with E-state index >= 15 is 0 Å². The fourth-order valence-corrected chi connectivity index (χ4v) is 2.59. The molecule has 2 N–H and O–H groups in total. The van der Waals surface area contributed by atoms with E-state index < -0.39 is 6.04 Å². The van der Waals surface area contributed by atoms with Gasteiger partial charge in [-0.2, -0.15) is 10.1 Å². The van der Waals surface area contributed by atoms with Crippen LogP contribution in [0.1, 0.15) is 12.5 Å². The van der Waals surface area contributed by atoms with Crippen molar-refractivity contribution in [1.29, 1.82) is 0 Å². The van der Waals surface area contributed by atoms with Gasteiger partial charge in [0.2, 0.25) is 17.6 Å². The Bertz CT molecular complexity index is 793. The lowest BCUT2D eigenvalue weighted by atomic mass is 10.2. The van der Waals surface area contributed by atoms with Gasteiger partial charge in [-0.15, -0.1) is 0 Å². The van der Waals surface area contributed by atoms with E-state index in [1.165, 1.54) is 32.3 Å². The van der Waals surface area contributed by atoms with Crippen molar-refractivity contribution in [3.63, 3.8) is 0 Å². The molecule has 2 heterocycles. The first-order chi connectivity index (χ1) is 12.1. The highest BCUT2D eigenvalue weighted by Crippen LogP contribution is 2.40. The second kappa shape index (κ2) is 6.67. The minimum absolute atomic E-state index is 0.0845. The van der Waals surface area contributed by atoms with Crippen LogP contribution < -0.4 is 24.8 Å². The molecule has 3 rings (SSSR count). The summed E-state index contributed by atoms with van der Waals surface area (Å²) in [7, 11) is 4.46. The molecule has 1 aromatic carbocycles. The monoisotopic (exact) mass is 347 g/mol. The molecule has 0 saturated heterocycles. The second-order valence-corrected chi connectivity index (χ2v) is 5.20. The minimum Gasteiger partial charge on any atom is -0.493 e. The van der Waals surface area contributed by atoms with Gasteiger partial charge in [0, 0.05) is 17.8 Å². The average molecular weight is 347 g/mol. The average Bonchev–Trinajstić information content (AvgIpc) is 3.16. The van der Waals surface area contributed by atoms with Gasteiger partial charge in [-0.1, -0.05) is 0 Å². The zero-order valence-electron chi connectivity index (χ0n) is 13.9. The summed E-state index contributed by atoms with van der Waals surface area (Å²) in [5.41, 5.74) is 0.455. The second-order valence-electron chi connectivity index (χ2n) is 5.20. The number of nitrogens with zero attached hydrogens (tertiary/aromatic N) is 3. The normalized spacial score (nSPS) is 15.3. The maximum absolute atomic E-state index is 12.3. The Morgan fingerprint density at radius 2 is 1.92 bits per heavy atom. The van der Waals surface area contributed by atoms with Gasteiger partial charge in [-0.3, -0.25) is 14.9 Å². The first kappa shape index (κ1) is 16.6. The van der Waals surface area contributed by atoms with Crippen LogP contribution in [0.2, 0.25) is 0 Å². The Hall–Kier alpha value is -3.30. The van der Waals surface area contributed by atoms with Crippen molar-refractivity contribution in [3.05, 3.63) is 18.5 Å². The summed E-state index contributed by atoms with van der Waals surface area (Å²) in [4.78, 5) is 28.1. The number of carbonyl (C=O) groups excluding carboxylic acids is 2. The van der Waals surface area contributed by atoms with Crippen LogP contribution in [0.25, 0.3) is 0 Å². The van der Waals surface area contributed by atoms with E-state index in [2.05, 4.69) is 20.7 Å². The number of carbonyl (C=O) groups is 2. The van der Waals surface area contributed by atoms with Gasteiger partial charge >= 0.3 is 0 Å². The molecule has 0 aliphatic carbocycles. The molecule has 1 atom stereocenters. The summed E-state index contributed by atoms with van der Waals surface area (Å²) in [6.07, 6.45) is 1.23. The predicted molar refractivity (Wildman–Crippen MR) is 87.0 cm³/mol. The van der Waals surface area contributed by atoms with Crippen LogP contribution in [0, 0.1) is 0 Å². The molecule has 2 aromatic rings. The summed E-state index contributed by atoms with van der Waals surface area (Å²) < 4.78 is 17.1. The van der Waals surface area contributed by atoms with Crippen LogP contribution in [0.5, 0.6) is 17.2 Å². The molecule has 1 aliphatic rings. The number of anilines is 2. The third-order valence-electron chi connectivity index (χ3n) is 3.73. The molecule has 10 heteroatoms. The molecule has 132 valence electrons. The van der Waals surface area contributed by atoms with E-state index in [-0.39, 0.29) is 18.2 Å². The summed E-state index contributed by atoms with van der Waals surface area (Å²) in [6, 6.07) is 2.48. The maximum Gasteiger partial charge on any atom is 0.252 e. The Labute approximate surface area is 143 Å². The van der Waals surface area contributed by atoms with Crippen molar-refractivity contribution >= 4 is 23.5 Å². The Morgan fingerprint density at radius 3 is 2.52 bits per heavy atom. The van der Waals surface area contributed by atoms with Crippen molar-refractivity contribution in [3.8, 4) is 17.2 Å². The van der Waals surface area contributed by atoms with Crippen LogP contribution in [0.4, 0.5) is 11.6 Å². The van der Waals surface area contributed by atoms with Gasteiger partial charge in [0.15, 0.2) is 11.5 Å². The lowest BCUT2D eigenvalue weighted by molar-refractivity contribution is -0.123. The van der Waals surface area contributed by atoms with E-state index in [1.54, 1.807) is 12.1 Å². The number of ether oxygens (including phenoxy) is 3. The number of hydrogen-bond donors (Lipinski definition) is 2. The Balaban J connectivity index is 1.76. The van der Waals surface area contributed by atoms with E-state index in [0.717, 1.165) is 0 Å². The minimum atomic E-state index is -0.737. The van der Waals surface area contributed by atoms with Gasteiger partial charge in [-0.05, 0) is 0 Å². The first-order valence-corrected chi connectivity index (χ1v) is 7.37. The standard InChI is InChI=1S/C15H17N5O5/c1-23-10-4-8(5-11(24-2)13(10)25-3)18-12(21)6-9-14(22)19-15-16-7-17-20(9)15/h4-5,7,9H,6H2,1-3H3,(H,18,21)(H,16,17,19,22)/t9-/m0/s1. The molecule has 1 aromatic heterocycles. The molecule has 0 saturated carbocycles. The molecular weight excluding hydrogens is 330 g/mol. The van der Waals surface area contributed by atoms with Crippen molar-refractivity contribution in [2.24, 2.45) is 0 Å². The highest BCUT2D eigenvalue weighted by atomic mass is 16.5. The van der Waals surface area contributed by atoms with Crippen LogP contribution in [0.15, 0.2) is 18.5 Å². The molecule has 0 unspecified atom stereocenters. The van der Waals surface area contributed by atoms with Crippen LogP contribution in [-0.4, -0.2) is 47.9 Å². The van der Waals surface area contributed by atoms with Crippen molar-refractivity contribution in [2.45, 2.75) is 12.5 Å². The number of amides is 2. The third kappa shape index (κ3) is 3.05. The SMILES string of the molecule is COc1cc(NC(=O)C[C@H]2C(=O)Nc3ncnn32)cc(OC)c1OC. The number of aromatic nitrogens is 3. The molecule has 10 nitrogen and oxygen atoms in total. The molecular formula is C15H17N5O5. The number of rotatable bonds is 6. The van der Waals surface area contributed by atoms with E-state index in [4.69, 9.17) is 14.2 Å². The number of hydrogen-bond acceptors (Lipinski definition) is 7. The zero-order chi connectivity index (χ0) is 18.0. The largest absolute Gasteiger partial charge is 0.493 e. The van der Waals surface area contributed by atoms with Crippen LogP contribution >= 0.6 is 0 Å². The summed E-state index contributed by atoms with van der Waals surface area (Å²) in [5.74, 6) is 0.887. The van der Waals surface area contributed by atoms with Crippen LogP contribution in [0.3, 0.4) is 0 Å². The lowest BCUT2D eigenvalue weighted by Crippen LogP contribution is -2.23. The summed E-state index contributed by atoms with van der Waals surface area (Å²) >= 11 is 0. The van der Waals surface area contributed by atoms with E-state index in [1.807, 2.05) is 0 Å². The van der Waals surface area contributed by atoms with Crippen molar-refractivity contribution < 1.29 is 23.8 Å². The predicted octanol–water partition coefficient (Wildman–Crippen LogP) is 0.826. The van der Waals surface area contributed by atoms with Gasteiger partial charge in [-0.25, -0.2) is 4.68 Å². The Morgan fingerprint density at radius 1 is 1.24 bits per heavy atom. The fourth-order valence-electron chi connectivity index (χ4n) is 2.59. The highest BCUT2D eigenvalue weighted by molar-refractivity contribution is 6.01. The maximum atomic E-state index is 12.3. The quantitative estimate of drug-likeness (QED) is 0.795. The van der Waals surface area contributed by atoms with Crippen LogP contribution in [-0.2, 0) is 9.59 Å². The molecule has 0 fully saturated rings. The van der Waals surface area contributed by atoms with Crippen molar-refractivity contribution in [2.75, 3.05) is 32.0 Å². The van der Waals surface area contributed by atoms with Crippen molar-refractivity contribution in [1.82, 2.24) is 14.8 Å². The smallest absolute Gasteiger partial charge is 0.252 e. The number of fused-ring (bicyclic) bond motifs is 1. The van der Waals surface area contributed by atoms with Gasteiger partial charge in [0.25, 0.3) is 5.91 Å². The Kier molecular flexibility index (Phi) is 4.42. The third-order valence-corrected chi connectivity index (χ3v) is 3.73. The fraction of sp³-hybridized carbons (Fsp3) is 0.333. The molecule has 0 radical (unpaired) electrons. The first-order valence-electron chi connectivity index (χ1n) is 7.37. The lowest BCUT2D eigenvalue weighted by Gasteiger charge is -2.15. The topological polar surface area (TPSA) is 117 Å². The zero-order valence-corrected chi connectivity index (χ0v) is 13.9. The molecule has 0 spiro atoms. The van der Waals surface area contributed by atoms with Gasteiger partial charge in [0.05, 0.1) is 27.8 Å². The molecule has 1 aliphatic heterocycles. The van der Waals surface area contributed by atoms with Gasteiger partial charge in [0.1, 0.15) is 12.4 Å². The van der Waals surface area contributed by atoms with Gasteiger partial charge < -0.3 is 19.5 Å². The number of methoxy groups -OCH3 is 3. The molecule has 0 bridgehead atoms.